The number of nitrogens with zero attached hydrogens (tertiary/aromatic N) is 7. The molecule has 1 amide bonds. The molecule has 1 aliphatic carbocycles. The van der Waals surface area contributed by atoms with Crippen molar-refractivity contribution in [2.75, 3.05) is 69.8 Å². The summed E-state index contributed by atoms with van der Waals surface area (Å²) >= 11 is 0. The van der Waals surface area contributed by atoms with E-state index in [4.69, 9.17) is 26.4 Å². The Morgan fingerprint density at radius 1 is 1.02 bits per heavy atom. The molecule has 0 saturated carbocycles. The van der Waals surface area contributed by atoms with Crippen LogP contribution in [0, 0.1) is 23.7 Å². The van der Waals surface area contributed by atoms with Gasteiger partial charge in [0.1, 0.15) is 5.82 Å². The van der Waals surface area contributed by atoms with E-state index in [1.54, 1.807) is 18.1 Å². The molecular formula is C32H43N7O2. The maximum Gasteiger partial charge on any atom is 0.318 e. The van der Waals surface area contributed by atoms with Crippen LogP contribution in [0.5, 0.6) is 6.01 Å². The van der Waals surface area contributed by atoms with E-state index in [1.807, 2.05) is 0 Å². The Hall–Kier alpha value is -3.82. The Bertz CT molecular complexity index is 1250. The number of aryl methyl sites for hydroxylation is 1. The van der Waals surface area contributed by atoms with E-state index in [9.17, 15) is 4.79 Å². The predicted molar refractivity (Wildman–Crippen MR) is 162 cm³/mol. The van der Waals surface area contributed by atoms with Crippen molar-refractivity contribution in [3.63, 3.8) is 0 Å². The Balaban J connectivity index is 0.000000372. The first kappa shape index (κ1) is 30.1. The van der Waals surface area contributed by atoms with Crippen molar-refractivity contribution >= 4 is 17.4 Å². The fraction of sp³-hybridized carbons (Fsp3) is 0.562. The van der Waals surface area contributed by atoms with E-state index >= 15 is 0 Å². The van der Waals surface area contributed by atoms with Gasteiger partial charge in [0.25, 0.3) is 5.91 Å². The lowest BCUT2D eigenvalue weighted by atomic mass is 9.88. The zero-order chi connectivity index (χ0) is 29.2. The summed E-state index contributed by atoms with van der Waals surface area (Å²) in [6.07, 6.45) is 13.4. The number of hydrogen-bond donors (Lipinski definition) is 0. The quantitative estimate of drug-likeness (QED) is 0.531. The molecule has 0 spiro atoms. The van der Waals surface area contributed by atoms with Crippen molar-refractivity contribution < 1.29 is 9.53 Å². The number of anilines is 2. The Kier molecular flexibility index (Phi) is 10.8. The van der Waals surface area contributed by atoms with E-state index in [-0.39, 0.29) is 5.91 Å². The van der Waals surface area contributed by atoms with E-state index in [0.717, 1.165) is 43.7 Å². The van der Waals surface area contributed by atoms with Crippen LogP contribution in [-0.4, -0.2) is 91.7 Å². The van der Waals surface area contributed by atoms with Gasteiger partial charge < -0.3 is 24.3 Å². The highest BCUT2D eigenvalue weighted by Gasteiger charge is 2.32. The summed E-state index contributed by atoms with van der Waals surface area (Å²) in [5.74, 6) is 2.94. The van der Waals surface area contributed by atoms with Crippen LogP contribution in [0.2, 0.25) is 0 Å². The first-order valence-corrected chi connectivity index (χ1v) is 14.8. The minimum atomic E-state index is -0.239. The number of piperazine rings is 1. The molecule has 218 valence electrons. The van der Waals surface area contributed by atoms with Gasteiger partial charge in [-0.05, 0) is 76.2 Å². The predicted octanol–water partition coefficient (Wildman–Crippen LogP) is 3.32. The summed E-state index contributed by atoms with van der Waals surface area (Å²) in [5, 5.41) is 7.32. The van der Waals surface area contributed by atoms with Crippen LogP contribution < -0.4 is 14.5 Å². The summed E-state index contributed by atoms with van der Waals surface area (Å²) in [6.45, 7) is 7.80. The van der Waals surface area contributed by atoms with Gasteiger partial charge in [-0.25, -0.2) is 0 Å². The molecule has 2 fully saturated rings. The number of nitriles is 1. The van der Waals surface area contributed by atoms with Crippen molar-refractivity contribution in [3.8, 4) is 24.4 Å². The number of methoxy groups -OCH3 is 1. The smallest absolute Gasteiger partial charge is 0.318 e. The molecule has 9 nitrogen and oxygen atoms in total. The van der Waals surface area contributed by atoms with Gasteiger partial charge in [-0.2, -0.15) is 15.2 Å². The number of rotatable bonds is 3. The number of aromatic nitrogens is 2. The number of likely N-dealkylation sites (tertiary alicyclic amines) is 1. The van der Waals surface area contributed by atoms with Crippen LogP contribution in [0.1, 0.15) is 49.4 Å². The molecule has 0 radical (unpaired) electrons. The fourth-order valence-corrected chi connectivity index (χ4v) is 6.20. The standard InChI is InChI=1S/C25H29N5O2.C5H11N.C2H3N/c1-3-23(31)28-13-15-29(16-14-28)24-20-11-10-19(17-21(20)26-25(27-24)32-2)30-12-6-8-18-7-4-5-9-22(18)30;1-6-4-2-3-5-6;1-2-3/h1,4-5,7,9,19H,6,8,10-17H2,2H3;2-5H2,1H3;1H3. The minimum absolute atomic E-state index is 0.239. The number of benzene rings is 1. The summed E-state index contributed by atoms with van der Waals surface area (Å²) in [6, 6.07) is 11.4. The molecule has 1 aromatic heterocycles. The molecule has 2 aromatic rings. The number of carbonyl (C=O) groups is 1. The molecule has 9 heteroatoms. The Morgan fingerprint density at radius 2 is 1.73 bits per heavy atom. The van der Waals surface area contributed by atoms with Crippen LogP contribution in [-0.2, 0) is 24.1 Å². The highest BCUT2D eigenvalue weighted by Crippen LogP contribution is 2.36. The van der Waals surface area contributed by atoms with Gasteiger partial charge in [-0.15, -0.1) is 6.42 Å². The lowest BCUT2D eigenvalue weighted by molar-refractivity contribution is -0.125. The molecule has 4 heterocycles. The second kappa shape index (κ2) is 14.7. The molecule has 4 aliphatic rings. The molecule has 3 aliphatic heterocycles. The van der Waals surface area contributed by atoms with E-state index in [2.05, 4.69) is 51.9 Å². The van der Waals surface area contributed by atoms with Crippen LogP contribution in [0.25, 0.3) is 0 Å². The molecule has 0 bridgehead atoms. The average molecular weight is 558 g/mol. The zero-order valence-corrected chi connectivity index (χ0v) is 24.8. The second-order valence-corrected chi connectivity index (χ2v) is 10.9. The van der Waals surface area contributed by atoms with Crippen molar-refractivity contribution in [2.45, 2.75) is 57.9 Å². The second-order valence-electron chi connectivity index (χ2n) is 10.9. The summed E-state index contributed by atoms with van der Waals surface area (Å²) in [4.78, 5) is 30.3. The van der Waals surface area contributed by atoms with Gasteiger partial charge in [0, 0.05) is 63.4 Å². The largest absolute Gasteiger partial charge is 0.467 e. The minimum Gasteiger partial charge on any atom is -0.467 e. The summed E-state index contributed by atoms with van der Waals surface area (Å²) < 4.78 is 5.47. The van der Waals surface area contributed by atoms with Gasteiger partial charge in [-0.1, -0.05) is 18.2 Å². The van der Waals surface area contributed by atoms with E-state index in [0.29, 0.717) is 38.2 Å². The van der Waals surface area contributed by atoms with Gasteiger partial charge >= 0.3 is 6.01 Å². The number of amides is 1. The van der Waals surface area contributed by atoms with Gasteiger partial charge in [-0.3, -0.25) is 4.79 Å². The molecule has 1 aromatic carbocycles. The number of hydrogen-bond acceptors (Lipinski definition) is 8. The number of terminal acetylenes is 1. The van der Waals surface area contributed by atoms with Gasteiger partial charge in [0.2, 0.25) is 0 Å². The summed E-state index contributed by atoms with van der Waals surface area (Å²) in [7, 11) is 3.79. The normalized spacial score (nSPS) is 19.7. The zero-order valence-electron chi connectivity index (χ0n) is 24.8. The lowest BCUT2D eigenvalue weighted by Gasteiger charge is -2.41. The van der Waals surface area contributed by atoms with Crippen LogP contribution in [0.15, 0.2) is 24.3 Å². The SMILES string of the molecule is C#CC(=O)N1CCN(c2nc(OC)nc3c2CCC(N2CCCc4ccccc42)C3)CC1.CC#N.CN1CCCC1. The lowest BCUT2D eigenvalue weighted by Crippen LogP contribution is -2.49. The number of carbonyl (C=O) groups excluding carboxylic acids is 1. The fourth-order valence-electron chi connectivity index (χ4n) is 6.20. The highest BCUT2D eigenvalue weighted by atomic mass is 16.5. The van der Waals surface area contributed by atoms with Crippen LogP contribution in [0.4, 0.5) is 11.5 Å². The van der Waals surface area contributed by atoms with Crippen molar-refractivity contribution in [1.82, 2.24) is 19.8 Å². The third-order valence-electron chi connectivity index (χ3n) is 8.30. The monoisotopic (exact) mass is 557 g/mol. The number of ether oxygens (including phenoxy) is 1. The number of para-hydroxylation sites is 1. The molecule has 1 atom stereocenters. The topological polar surface area (TPSA) is 88.8 Å². The first-order valence-electron chi connectivity index (χ1n) is 14.8. The van der Waals surface area contributed by atoms with Gasteiger partial charge in [0.15, 0.2) is 0 Å². The van der Waals surface area contributed by atoms with Crippen molar-refractivity contribution in [3.05, 3.63) is 41.1 Å². The van der Waals surface area contributed by atoms with Crippen LogP contribution in [0.3, 0.4) is 0 Å². The van der Waals surface area contributed by atoms with E-state index < -0.39 is 0 Å². The maximum atomic E-state index is 11.8. The van der Waals surface area contributed by atoms with Crippen molar-refractivity contribution in [2.24, 2.45) is 0 Å². The molecule has 0 N–H and O–H groups in total. The number of fused-ring (bicyclic) bond motifs is 2. The average Bonchev–Trinajstić information content (AvgIpc) is 3.51. The third kappa shape index (κ3) is 7.48. The molecule has 41 heavy (non-hydrogen) atoms. The molecule has 1 unspecified atom stereocenters. The Morgan fingerprint density at radius 3 is 2.37 bits per heavy atom. The highest BCUT2D eigenvalue weighted by molar-refractivity contribution is 5.93. The molecular weight excluding hydrogens is 514 g/mol. The third-order valence-corrected chi connectivity index (χ3v) is 8.30. The van der Waals surface area contributed by atoms with E-state index in [1.165, 1.54) is 56.1 Å². The Labute approximate surface area is 245 Å². The molecule has 2 saturated heterocycles. The maximum absolute atomic E-state index is 11.8. The van der Waals surface area contributed by atoms with Crippen molar-refractivity contribution in [1.29, 1.82) is 5.26 Å². The van der Waals surface area contributed by atoms with Gasteiger partial charge in [0.05, 0.1) is 18.9 Å². The summed E-state index contributed by atoms with van der Waals surface area (Å²) in [5.41, 5.74) is 5.14. The first-order chi connectivity index (χ1) is 20.0. The molecule has 6 rings (SSSR count). The van der Waals surface area contributed by atoms with Crippen LogP contribution >= 0.6 is 0 Å².